The summed E-state index contributed by atoms with van der Waals surface area (Å²) in [5.74, 6) is -1.27. The number of hydrogen-bond acceptors (Lipinski definition) is 5. The number of nitrogens with zero attached hydrogens (tertiary/aromatic N) is 1. The highest BCUT2D eigenvalue weighted by molar-refractivity contribution is 7.99. The highest BCUT2D eigenvalue weighted by Crippen LogP contribution is 2.45. The van der Waals surface area contributed by atoms with Crippen LogP contribution in [0.4, 0.5) is 5.69 Å². The third kappa shape index (κ3) is 4.47. The van der Waals surface area contributed by atoms with Gasteiger partial charge in [-0.2, -0.15) is 0 Å². The van der Waals surface area contributed by atoms with Crippen molar-refractivity contribution in [2.75, 3.05) is 18.5 Å². The number of amides is 4. The molecule has 2 heterocycles. The molecular weight excluding hydrogens is 428 g/mol. The molecule has 32 heavy (non-hydrogen) atoms. The Hall–Kier alpha value is -3.33. The molecule has 3 N–H and O–H groups in total. The van der Waals surface area contributed by atoms with Gasteiger partial charge in [0.05, 0.1) is 10.9 Å². The van der Waals surface area contributed by atoms with Crippen LogP contribution in [-0.2, 0) is 19.2 Å². The van der Waals surface area contributed by atoms with Gasteiger partial charge in [0.15, 0.2) is 0 Å². The molecule has 0 aliphatic carbocycles. The molecule has 0 spiro atoms. The summed E-state index contributed by atoms with van der Waals surface area (Å²) in [5.41, 5.74) is 1.50. The van der Waals surface area contributed by atoms with E-state index in [0.717, 1.165) is 10.5 Å². The van der Waals surface area contributed by atoms with E-state index >= 15 is 0 Å². The molecule has 3 atom stereocenters. The Morgan fingerprint density at radius 3 is 2.50 bits per heavy atom. The van der Waals surface area contributed by atoms with E-state index in [0.29, 0.717) is 12.1 Å². The Labute approximate surface area is 190 Å². The van der Waals surface area contributed by atoms with Crippen molar-refractivity contribution in [2.45, 2.75) is 35.1 Å². The van der Waals surface area contributed by atoms with Crippen molar-refractivity contribution in [2.24, 2.45) is 0 Å². The normalized spacial score (nSPS) is 22.5. The van der Waals surface area contributed by atoms with E-state index in [1.54, 1.807) is 6.07 Å². The number of benzene rings is 2. The van der Waals surface area contributed by atoms with Crippen molar-refractivity contribution in [1.82, 2.24) is 16.0 Å². The van der Waals surface area contributed by atoms with Crippen molar-refractivity contribution in [3.63, 3.8) is 0 Å². The van der Waals surface area contributed by atoms with Crippen LogP contribution in [0.2, 0.25) is 0 Å². The third-order valence-electron chi connectivity index (χ3n) is 5.56. The third-order valence-corrected chi connectivity index (χ3v) is 6.96. The Morgan fingerprint density at radius 1 is 1.09 bits per heavy atom. The molecule has 0 radical (unpaired) electrons. The van der Waals surface area contributed by atoms with Crippen molar-refractivity contribution < 1.29 is 19.2 Å². The summed E-state index contributed by atoms with van der Waals surface area (Å²) in [6, 6.07) is 15.3. The van der Waals surface area contributed by atoms with Gasteiger partial charge in [-0.1, -0.05) is 42.5 Å². The summed E-state index contributed by atoms with van der Waals surface area (Å²) in [4.78, 5) is 52.8. The molecule has 2 aliphatic heterocycles. The van der Waals surface area contributed by atoms with Crippen LogP contribution in [0, 0.1) is 0 Å². The van der Waals surface area contributed by atoms with Gasteiger partial charge in [0.1, 0.15) is 18.6 Å². The maximum absolute atomic E-state index is 13.8. The second-order valence-electron chi connectivity index (χ2n) is 7.66. The standard InChI is InChI=1S/C23H24N4O4S/c1-24-19(29)13-27-16-9-5-6-10-17(16)32-21(14-7-3-2-4-8-14)20(23(27)31)26-22(30)15-11-12-18(28)25-15/h2-10,15,20-21H,11-13H2,1H3,(H,24,29)(H,25,28)(H,26,30)/t15-,20+,21+/m0/s1. The minimum Gasteiger partial charge on any atom is -0.358 e. The predicted molar refractivity (Wildman–Crippen MR) is 121 cm³/mol. The lowest BCUT2D eigenvalue weighted by Crippen LogP contribution is -2.55. The molecule has 0 saturated carbocycles. The van der Waals surface area contributed by atoms with Gasteiger partial charge in [-0.05, 0) is 24.1 Å². The monoisotopic (exact) mass is 452 g/mol. The van der Waals surface area contributed by atoms with Gasteiger partial charge in [-0.15, -0.1) is 11.8 Å². The maximum Gasteiger partial charge on any atom is 0.251 e. The number of hydrogen-bond donors (Lipinski definition) is 3. The number of thioether (sulfide) groups is 1. The van der Waals surface area contributed by atoms with E-state index in [1.165, 1.54) is 23.7 Å². The van der Waals surface area contributed by atoms with Crippen LogP contribution in [0.5, 0.6) is 0 Å². The molecule has 1 fully saturated rings. The van der Waals surface area contributed by atoms with Crippen LogP contribution in [-0.4, -0.2) is 49.3 Å². The molecule has 9 heteroatoms. The minimum atomic E-state index is -0.926. The van der Waals surface area contributed by atoms with Crippen molar-refractivity contribution >= 4 is 41.1 Å². The second kappa shape index (κ2) is 9.44. The zero-order chi connectivity index (χ0) is 22.7. The van der Waals surface area contributed by atoms with Gasteiger partial charge in [0, 0.05) is 18.4 Å². The van der Waals surface area contributed by atoms with Gasteiger partial charge in [0.2, 0.25) is 17.7 Å². The number of anilines is 1. The van der Waals surface area contributed by atoms with Gasteiger partial charge in [-0.3, -0.25) is 19.2 Å². The Balaban J connectivity index is 1.74. The molecule has 0 unspecified atom stereocenters. The van der Waals surface area contributed by atoms with E-state index < -0.39 is 23.2 Å². The minimum absolute atomic E-state index is 0.166. The lowest BCUT2D eigenvalue weighted by molar-refractivity contribution is -0.130. The first-order chi connectivity index (χ1) is 15.5. The number of fused-ring (bicyclic) bond motifs is 1. The van der Waals surface area contributed by atoms with Crippen LogP contribution in [0.1, 0.15) is 23.7 Å². The van der Waals surface area contributed by atoms with E-state index in [2.05, 4.69) is 16.0 Å². The quantitative estimate of drug-likeness (QED) is 0.635. The lowest BCUT2D eigenvalue weighted by Gasteiger charge is -2.29. The number of rotatable bonds is 5. The average Bonchev–Trinajstić information content (AvgIpc) is 3.22. The van der Waals surface area contributed by atoms with Crippen LogP contribution < -0.4 is 20.9 Å². The van der Waals surface area contributed by atoms with E-state index in [4.69, 9.17) is 0 Å². The van der Waals surface area contributed by atoms with Crippen molar-refractivity contribution in [3.05, 3.63) is 60.2 Å². The zero-order valence-electron chi connectivity index (χ0n) is 17.5. The number of para-hydroxylation sites is 1. The Morgan fingerprint density at radius 2 is 1.81 bits per heavy atom. The zero-order valence-corrected chi connectivity index (χ0v) is 18.4. The van der Waals surface area contributed by atoms with Crippen molar-refractivity contribution in [1.29, 1.82) is 0 Å². The molecule has 2 aromatic carbocycles. The topological polar surface area (TPSA) is 108 Å². The fraction of sp³-hybridized carbons (Fsp3) is 0.304. The molecular formula is C23H24N4O4S. The Kier molecular flexibility index (Phi) is 6.45. The fourth-order valence-corrected chi connectivity index (χ4v) is 5.24. The van der Waals surface area contributed by atoms with Gasteiger partial charge in [0.25, 0.3) is 5.91 Å². The summed E-state index contributed by atoms with van der Waals surface area (Å²) >= 11 is 1.47. The molecule has 1 saturated heterocycles. The fourth-order valence-electron chi connectivity index (χ4n) is 3.89. The lowest BCUT2D eigenvalue weighted by atomic mass is 10.0. The number of carbonyl (C=O) groups excluding carboxylic acids is 4. The molecule has 166 valence electrons. The smallest absolute Gasteiger partial charge is 0.251 e. The second-order valence-corrected chi connectivity index (χ2v) is 8.84. The first-order valence-corrected chi connectivity index (χ1v) is 11.3. The SMILES string of the molecule is CNC(=O)CN1C(=O)[C@H](NC(=O)[C@@H]2CCC(=O)N2)[C@@H](c2ccccc2)Sc2ccccc21. The molecule has 2 aromatic rings. The molecule has 4 amide bonds. The van der Waals surface area contributed by atoms with Crippen LogP contribution in [0.3, 0.4) is 0 Å². The molecule has 4 rings (SSSR count). The van der Waals surface area contributed by atoms with Gasteiger partial charge >= 0.3 is 0 Å². The maximum atomic E-state index is 13.8. The largest absolute Gasteiger partial charge is 0.358 e. The van der Waals surface area contributed by atoms with Gasteiger partial charge < -0.3 is 20.9 Å². The summed E-state index contributed by atoms with van der Waals surface area (Å²) in [5, 5.41) is 7.67. The number of nitrogens with one attached hydrogen (secondary N) is 3. The Bertz CT molecular complexity index is 1050. The van der Waals surface area contributed by atoms with E-state index in [1.807, 2.05) is 48.5 Å². The molecule has 0 aromatic heterocycles. The number of likely N-dealkylation sites (N-methyl/N-ethyl adjacent to an activating group) is 1. The van der Waals surface area contributed by atoms with Crippen molar-refractivity contribution in [3.8, 4) is 0 Å². The summed E-state index contributed by atoms with van der Waals surface area (Å²) < 4.78 is 0. The van der Waals surface area contributed by atoms with Crippen LogP contribution in [0.25, 0.3) is 0 Å². The number of carbonyl (C=O) groups is 4. The summed E-state index contributed by atoms with van der Waals surface area (Å²) in [6.45, 7) is -0.166. The van der Waals surface area contributed by atoms with E-state index in [9.17, 15) is 19.2 Å². The first-order valence-electron chi connectivity index (χ1n) is 10.4. The average molecular weight is 453 g/mol. The highest BCUT2D eigenvalue weighted by atomic mass is 32.2. The van der Waals surface area contributed by atoms with Gasteiger partial charge in [-0.25, -0.2) is 0 Å². The molecule has 8 nitrogen and oxygen atoms in total. The van der Waals surface area contributed by atoms with Crippen LogP contribution in [0.15, 0.2) is 59.5 Å². The highest BCUT2D eigenvalue weighted by Gasteiger charge is 2.41. The summed E-state index contributed by atoms with van der Waals surface area (Å²) in [6.07, 6.45) is 0.665. The first kappa shape index (κ1) is 21.9. The van der Waals surface area contributed by atoms with E-state index in [-0.39, 0.29) is 30.7 Å². The molecule has 2 aliphatic rings. The molecule has 0 bridgehead atoms. The predicted octanol–water partition coefficient (Wildman–Crippen LogP) is 1.38. The van der Waals surface area contributed by atoms with Crippen LogP contribution >= 0.6 is 11.8 Å². The summed E-state index contributed by atoms with van der Waals surface area (Å²) in [7, 11) is 1.51.